The van der Waals surface area contributed by atoms with Gasteiger partial charge in [-0.25, -0.2) is 0 Å². The van der Waals surface area contributed by atoms with Gasteiger partial charge in [0.1, 0.15) is 0 Å². The summed E-state index contributed by atoms with van der Waals surface area (Å²) in [5, 5.41) is 5.13. The molecule has 292 valence electrons. The third-order valence-electron chi connectivity index (χ3n) is 13.1. The minimum atomic E-state index is -0.318. The van der Waals surface area contributed by atoms with Gasteiger partial charge in [-0.05, 0) is 133 Å². The number of fused-ring (bicyclic) bond motifs is 7. The molecule has 1 aliphatic carbocycles. The zero-order valence-corrected chi connectivity index (χ0v) is 35.1. The highest BCUT2D eigenvalue weighted by molar-refractivity contribution is 7.26. The summed E-state index contributed by atoms with van der Waals surface area (Å²) >= 11 is 1.88. The summed E-state index contributed by atoms with van der Waals surface area (Å²) in [5.74, 6) is 0. The van der Waals surface area contributed by atoms with Gasteiger partial charge in [0.05, 0.1) is 0 Å². The van der Waals surface area contributed by atoms with Crippen molar-refractivity contribution in [1.29, 1.82) is 0 Å². The van der Waals surface area contributed by atoms with Gasteiger partial charge in [-0.2, -0.15) is 0 Å². The molecule has 0 spiro atoms. The highest BCUT2D eigenvalue weighted by Crippen LogP contribution is 2.54. The summed E-state index contributed by atoms with van der Waals surface area (Å²) < 4.78 is 2.65. The Kier molecular flexibility index (Phi) is 8.55. The predicted molar refractivity (Wildman–Crippen MR) is 265 cm³/mol. The second-order valence-electron chi connectivity index (χ2n) is 16.6. The van der Waals surface area contributed by atoms with Crippen molar-refractivity contribution in [1.82, 2.24) is 0 Å². The molecule has 0 aliphatic heterocycles. The number of hydrogen-bond donors (Lipinski definition) is 0. The van der Waals surface area contributed by atoms with Crippen LogP contribution in [0.2, 0.25) is 0 Å². The predicted octanol–water partition coefficient (Wildman–Crippen LogP) is 17.0. The van der Waals surface area contributed by atoms with Crippen molar-refractivity contribution in [2.75, 3.05) is 4.90 Å². The molecule has 1 heterocycles. The molecule has 0 amide bonds. The topological polar surface area (TPSA) is 3.24 Å². The molecule has 0 fully saturated rings. The van der Waals surface area contributed by atoms with E-state index in [-0.39, 0.29) is 5.41 Å². The molecule has 0 radical (unpaired) electrons. The zero-order valence-electron chi connectivity index (χ0n) is 34.3. The van der Waals surface area contributed by atoms with Gasteiger partial charge in [0.2, 0.25) is 0 Å². The van der Waals surface area contributed by atoms with E-state index < -0.39 is 0 Å². The Labute approximate surface area is 366 Å². The molecule has 1 atom stereocenters. The number of thiophene rings is 1. The molecule has 2 heteroatoms. The lowest BCUT2D eigenvalue weighted by Crippen LogP contribution is -2.22. The Morgan fingerprint density at radius 2 is 0.935 bits per heavy atom. The first-order chi connectivity index (χ1) is 30.6. The maximum atomic E-state index is 2.45. The lowest BCUT2D eigenvalue weighted by atomic mass is 9.74. The van der Waals surface area contributed by atoms with Gasteiger partial charge in [-0.1, -0.05) is 176 Å². The number of hydrogen-bond acceptors (Lipinski definition) is 2. The van der Waals surface area contributed by atoms with Crippen molar-refractivity contribution in [3.05, 3.63) is 247 Å². The Balaban J connectivity index is 1.02. The quantitative estimate of drug-likeness (QED) is 0.155. The van der Waals surface area contributed by atoms with E-state index in [4.69, 9.17) is 0 Å². The van der Waals surface area contributed by atoms with Crippen molar-refractivity contribution in [3.63, 3.8) is 0 Å². The zero-order chi connectivity index (χ0) is 41.2. The van der Waals surface area contributed by atoms with E-state index in [1.807, 2.05) is 11.3 Å². The maximum Gasteiger partial charge on any atom is 0.0467 e. The number of nitrogens with zero attached hydrogens (tertiary/aromatic N) is 1. The van der Waals surface area contributed by atoms with E-state index in [9.17, 15) is 0 Å². The Hall–Kier alpha value is -7.52. The van der Waals surface area contributed by atoms with E-state index in [0.717, 1.165) is 17.1 Å². The first-order valence-corrected chi connectivity index (χ1v) is 22.2. The van der Waals surface area contributed by atoms with Crippen molar-refractivity contribution in [3.8, 4) is 44.5 Å². The minimum absolute atomic E-state index is 0.318. The fraction of sp³-hybridized carbons (Fsp3) is 0.0333. The summed E-state index contributed by atoms with van der Waals surface area (Å²) in [4.78, 5) is 2.45. The van der Waals surface area contributed by atoms with E-state index in [1.165, 1.54) is 92.1 Å². The van der Waals surface area contributed by atoms with Crippen LogP contribution in [0.3, 0.4) is 0 Å². The first-order valence-electron chi connectivity index (χ1n) is 21.4. The van der Waals surface area contributed by atoms with Crippen LogP contribution in [0.1, 0.15) is 23.6 Å². The third kappa shape index (κ3) is 5.90. The summed E-state index contributed by atoms with van der Waals surface area (Å²) in [5.41, 5.74) is 16.8. The number of anilines is 3. The van der Waals surface area contributed by atoms with Crippen LogP contribution in [0, 0.1) is 0 Å². The second-order valence-corrected chi connectivity index (χ2v) is 17.7. The van der Waals surface area contributed by atoms with Crippen LogP contribution in [-0.2, 0) is 5.41 Å². The van der Waals surface area contributed by atoms with Gasteiger partial charge in [0, 0.05) is 42.6 Å². The normalized spacial score (nSPS) is 14.3. The second kappa shape index (κ2) is 14.6. The monoisotopic (exact) mass is 807 g/mol. The molecule has 1 nitrogen and oxygen atoms in total. The lowest BCUT2D eigenvalue weighted by molar-refractivity contribution is 0.714. The van der Waals surface area contributed by atoms with Crippen molar-refractivity contribution in [2.45, 2.75) is 12.3 Å². The molecule has 0 N–H and O–H groups in total. The molecule has 1 aliphatic rings. The third-order valence-corrected chi connectivity index (χ3v) is 14.3. The highest BCUT2D eigenvalue weighted by Gasteiger charge is 2.41. The lowest BCUT2D eigenvalue weighted by Gasteiger charge is -2.31. The van der Waals surface area contributed by atoms with E-state index in [2.05, 4.69) is 242 Å². The molecule has 1 aromatic heterocycles. The van der Waals surface area contributed by atoms with Crippen molar-refractivity contribution in [2.24, 2.45) is 0 Å². The summed E-state index contributed by atoms with van der Waals surface area (Å²) in [6.07, 6.45) is 0. The molecule has 1 unspecified atom stereocenters. The van der Waals surface area contributed by atoms with E-state index in [1.54, 1.807) is 0 Å². The average molecular weight is 808 g/mol. The van der Waals surface area contributed by atoms with Crippen LogP contribution < -0.4 is 4.90 Å². The Bertz CT molecular complexity index is 3510. The summed E-state index contributed by atoms with van der Waals surface area (Å²) in [7, 11) is 0. The van der Waals surface area contributed by atoms with Gasteiger partial charge in [0.25, 0.3) is 0 Å². The molecule has 10 aromatic carbocycles. The largest absolute Gasteiger partial charge is 0.310 e. The van der Waals surface area contributed by atoms with Gasteiger partial charge < -0.3 is 4.90 Å². The van der Waals surface area contributed by atoms with Gasteiger partial charge in [-0.3, -0.25) is 0 Å². The first kappa shape index (κ1) is 36.3. The molecule has 11 aromatic rings. The van der Waals surface area contributed by atoms with Gasteiger partial charge in [-0.15, -0.1) is 11.3 Å². The van der Waals surface area contributed by atoms with Gasteiger partial charge in [0.15, 0.2) is 0 Å². The van der Waals surface area contributed by atoms with E-state index >= 15 is 0 Å². The molecular formula is C60H41NS. The molecular weight excluding hydrogens is 767 g/mol. The number of benzene rings is 10. The number of rotatable bonds is 7. The van der Waals surface area contributed by atoms with Gasteiger partial charge >= 0.3 is 0 Å². The van der Waals surface area contributed by atoms with Crippen LogP contribution in [-0.4, -0.2) is 0 Å². The molecule has 0 saturated carbocycles. The average Bonchev–Trinajstić information content (AvgIpc) is 3.85. The maximum absolute atomic E-state index is 2.45. The fourth-order valence-corrected chi connectivity index (χ4v) is 11.2. The minimum Gasteiger partial charge on any atom is -0.310 e. The molecule has 12 rings (SSSR count). The summed E-state index contributed by atoms with van der Waals surface area (Å²) in [6.45, 7) is 2.40. The molecule has 62 heavy (non-hydrogen) atoms. The van der Waals surface area contributed by atoms with E-state index in [0.29, 0.717) is 0 Å². The standard InChI is InChI=1S/C60H41NS/c1-60(47-21-3-2-4-22-47)56-29-9-7-25-52(56)53-34-33-50(39-57(53)60)61(49-24-13-19-44(38-49)45-32-31-40-15-5-6-16-41(40)35-45)48-23-12-18-43(37-48)42-17-11-20-46(36-42)51-27-14-28-55-54-26-8-10-30-58(54)62-59(51)55/h2-39H,1H3. The Morgan fingerprint density at radius 1 is 0.355 bits per heavy atom. The van der Waals surface area contributed by atoms with Crippen molar-refractivity contribution < 1.29 is 0 Å². The smallest absolute Gasteiger partial charge is 0.0467 e. The fourth-order valence-electron chi connectivity index (χ4n) is 10.0. The van der Waals surface area contributed by atoms with Crippen LogP contribution in [0.25, 0.3) is 75.5 Å². The van der Waals surface area contributed by atoms with Crippen LogP contribution >= 0.6 is 11.3 Å². The highest BCUT2D eigenvalue weighted by atomic mass is 32.1. The summed E-state index contributed by atoms with van der Waals surface area (Å²) in [6, 6.07) is 85.1. The van der Waals surface area contributed by atoms with Crippen molar-refractivity contribution >= 4 is 59.3 Å². The molecule has 0 bridgehead atoms. The molecule has 0 saturated heterocycles. The van der Waals surface area contributed by atoms with Crippen LogP contribution in [0.15, 0.2) is 231 Å². The van der Waals surface area contributed by atoms with Crippen LogP contribution in [0.5, 0.6) is 0 Å². The Morgan fingerprint density at radius 3 is 1.76 bits per heavy atom. The van der Waals surface area contributed by atoms with Crippen LogP contribution in [0.4, 0.5) is 17.1 Å². The SMILES string of the molecule is CC1(c2ccccc2)c2ccccc2-c2ccc(N(c3cccc(-c4cccc(-c5cccc6c5sc5ccccc56)c4)c3)c3cccc(-c4ccc5ccccc5c4)c3)cc21.